The van der Waals surface area contributed by atoms with Gasteiger partial charge in [-0.3, -0.25) is 13.9 Å². The SMILES string of the molecule is CCOC(=O)C(=Cc1ccc(CO)o1)C(=O)OCC.CCOC(C)=O.O=C(O)C(=Cc1ccc(CO)o1)C(=O)O.O=S(=O)(O)O. The van der Waals surface area contributed by atoms with Crippen molar-refractivity contribution in [3.8, 4) is 0 Å². The van der Waals surface area contributed by atoms with E-state index in [-0.39, 0.29) is 55.3 Å². The van der Waals surface area contributed by atoms with Crippen LogP contribution in [0, 0.1) is 0 Å². The van der Waals surface area contributed by atoms with Gasteiger partial charge in [-0.25, -0.2) is 19.2 Å². The summed E-state index contributed by atoms with van der Waals surface area (Å²) in [5.74, 6) is -3.97. The van der Waals surface area contributed by atoms with Crippen molar-refractivity contribution in [2.24, 2.45) is 0 Å². The molecule has 0 aliphatic heterocycles. The first-order chi connectivity index (χ1) is 20.9. The van der Waals surface area contributed by atoms with Gasteiger partial charge < -0.3 is 43.5 Å². The highest BCUT2D eigenvalue weighted by atomic mass is 32.3. The minimum atomic E-state index is -4.67. The van der Waals surface area contributed by atoms with Gasteiger partial charge in [-0.15, -0.1) is 0 Å². The van der Waals surface area contributed by atoms with Crippen molar-refractivity contribution in [2.75, 3.05) is 19.8 Å². The van der Waals surface area contributed by atoms with E-state index in [1.54, 1.807) is 26.8 Å². The van der Waals surface area contributed by atoms with E-state index in [9.17, 15) is 24.0 Å². The van der Waals surface area contributed by atoms with Crippen molar-refractivity contribution >= 4 is 52.4 Å². The molecule has 45 heavy (non-hydrogen) atoms. The van der Waals surface area contributed by atoms with Gasteiger partial charge in [0.1, 0.15) is 47.4 Å². The number of carboxylic acid groups (broad SMARTS) is 2. The largest absolute Gasteiger partial charge is 0.477 e. The molecule has 0 aliphatic carbocycles. The van der Waals surface area contributed by atoms with E-state index >= 15 is 0 Å². The number of aliphatic carboxylic acids is 2. The Bertz CT molecular complexity index is 1370. The van der Waals surface area contributed by atoms with Gasteiger partial charge in [-0.2, -0.15) is 8.42 Å². The normalized spacial score (nSPS) is 9.69. The number of aliphatic hydroxyl groups is 2. The van der Waals surface area contributed by atoms with Crippen LogP contribution in [0.3, 0.4) is 0 Å². The molecule has 0 saturated heterocycles. The summed E-state index contributed by atoms with van der Waals surface area (Å²) in [7, 11) is -4.67. The summed E-state index contributed by atoms with van der Waals surface area (Å²) < 4.78 is 55.6. The molecule has 6 N–H and O–H groups in total. The molecule has 0 aliphatic rings. The molecule has 2 aromatic heterocycles. The van der Waals surface area contributed by atoms with Gasteiger partial charge in [0.15, 0.2) is 0 Å². The Morgan fingerprint density at radius 2 is 1.02 bits per heavy atom. The van der Waals surface area contributed by atoms with Crippen LogP contribution in [0.1, 0.15) is 50.7 Å². The Kier molecular flexibility index (Phi) is 21.3. The molecule has 0 aromatic carbocycles. The first-order valence-electron chi connectivity index (χ1n) is 12.4. The van der Waals surface area contributed by atoms with Gasteiger partial charge in [-0.05, 0) is 45.0 Å². The summed E-state index contributed by atoms with van der Waals surface area (Å²) >= 11 is 0. The number of furan rings is 2. The maximum absolute atomic E-state index is 11.7. The van der Waals surface area contributed by atoms with Crippen LogP contribution in [0.15, 0.2) is 44.2 Å². The second-order valence-corrected chi connectivity index (χ2v) is 8.36. The number of ether oxygens (including phenoxy) is 3. The average molecular weight is 667 g/mol. The molecule has 18 nitrogen and oxygen atoms in total. The number of esters is 3. The van der Waals surface area contributed by atoms with Crippen molar-refractivity contribution in [1.29, 1.82) is 0 Å². The molecule has 0 amide bonds. The summed E-state index contributed by atoms with van der Waals surface area (Å²) in [6.45, 7) is 6.63. The fourth-order valence-corrected chi connectivity index (χ4v) is 2.44. The highest BCUT2D eigenvalue weighted by Gasteiger charge is 2.21. The molecule has 252 valence electrons. The summed E-state index contributed by atoms with van der Waals surface area (Å²) in [5.41, 5.74) is -1.05. The topological polar surface area (TPSA) is 295 Å². The van der Waals surface area contributed by atoms with Crippen molar-refractivity contribution in [3.05, 3.63) is 58.5 Å². The van der Waals surface area contributed by atoms with Crippen LogP contribution in [-0.4, -0.2) is 87.6 Å². The molecule has 2 aromatic rings. The highest BCUT2D eigenvalue weighted by molar-refractivity contribution is 7.79. The number of aliphatic hydroxyl groups excluding tert-OH is 2. The highest BCUT2D eigenvalue weighted by Crippen LogP contribution is 2.14. The van der Waals surface area contributed by atoms with Gasteiger partial charge in [0.05, 0.1) is 19.8 Å². The van der Waals surface area contributed by atoms with Crippen molar-refractivity contribution < 1.29 is 85.0 Å². The lowest BCUT2D eigenvalue weighted by Crippen LogP contribution is -2.18. The minimum absolute atomic E-state index is 0.0684. The number of hydrogen-bond donors (Lipinski definition) is 6. The molecular weight excluding hydrogens is 632 g/mol. The van der Waals surface area contributed by atoms with Gasteiger partial charge in [0.25, 0.3) is 0 Å². The Morgan fingerprint density at radius 1 is 0.689 bits per heavy atom. The average Bonchev–Trinajstić information content (AvgIpc) is 3.59. The summed E-state index contributed by atoms with van der Waals surface area (Å²) in [6.07, 6.45) is 2.11. The van der Waals surface area contributed by atoms with Crippen LogP contribution in [0.5, 0.6) is 0 Å². The smallest absolute Gasteiger partial charge is 0.394 e. The van der Waals surface area contributed by atoms with Gasteiger partial charge in [0, 0.05) is 19.1 Å². The van der Waals surface area contributed by atoms with Crippen LogP contribution in [-0.2, 0) is 61.8 Å². The monoisotopic (exact) mass is 666 g/mol. The van der Waals surface area contributed by atoms with Gasteiger partial charge >= 0.3 is 40.2 Å². The van der Waals surface area contributed by atoms with E-state index in [0.717, 1.165) is 6.08 Å². The van der Waals surface area contributed by atoms with E-state index < -0.39 is 39.8 Å². The fourth-order valence-electron chi connectivity index (χ4n) is 2.44. The lowest BCUT2D eigenvalue weighted by molar-refractivity contribution is -0.147. The number of carbonyl (C=O) groups is 5. The summed E-state index contributed by atoms with van der Waals surface area (Å²) in [6, 6.07) is 5.87. The van der Waals surface area contributed by atoms with E-state index in [2.05, 4.69) is 4.74 Å². The third-order valence-electron chi connectivity index (χ3n) is 4.05. The molecule has 0 bridgehead atoms. The molecular formula is C26H34O18S. The van der Waals surface area contributed by atoms with Gasteiger partial charge in [0.2, 0.25) is 0 Å². The number of carboxylic acids is 2. The zero-order chi connectivity index (χ0) is 35.2. The third kappa shape index (κ3) is 21.5. The van der Waals surface area contributed by atoms with Crippen molar-refractivity contribution in [3.63, 3.8) is 0 Å². The molecule has 2 rings (SSSR count). The molecule has 19 heteroatoms. The maximum Gasteiger partial charge on any atom is 0.394 e. The minimum Gasteiger partial charge on any atom is -0.477 e. The maximum atomic E-state index is 11.7. The van der Waals surface area contributed by atoms with E-state index in [1.165, 1.54) is 31.2 Å². The zero-order valence-corrected chi connectivity index (χ0v) is 25.3. The Hall–Kier alpha value is -4.82. The molecule has 0 spiro atoms. The predicted octanol–water partition coefficient (Wildman–Crippen LogP) is 1.52. The lowest BCUT2D eigenvalue weighted by Gasteiger charge is -2.05. The van der Waals surface area contributed by atoms with E-state index in [1.807, 2.05) is 0 Å². The summed E-state index contributed by atoms with van der Waals surface area (Å²) in [4.78, 5) is 54.1. The van der Waals surface area contributed by atoms with Crippen LogP contribution in [0.2, 0.25) is 0 Å². The van der Waals surface area contributed by atoms with Crippen LogP contribution >= 0.6 is 0 Å². The zero-order valence-electron chi connectivity index (χ0n) is 24.5. The van der Waals surface area contributed by atoms with Crippen molar-refractivity contribution in [2.45, 2.75) is 40.9 Å². The van der Waals surface area contributed by atoms with Crippen LogP contribution in [0.4, 0.5) is 0 Å². The third-order valence-corrected chi connectivity index (χ3v) is 4.05. The molecule has 0 unspecified atom stereocenters. The standard InChI is InChI=1S/C13H16O6.C9H8O6.C4H8O2.H2O4S/c1-3-17-12(15)11(13(16)18-4-2)7-9-5-6-10(8-14)19-9;10-4-6-2-1-5(15-6)3-7(8(11)12)9(13)14;1-3-6-4(2)5;1-5(2,3)4/h5-7,14H,3-4,8H2,1-2H3;1-3,10H,4H2,(H,11,12)(H,13,14);3H2,1-2H3;(H2,1,2,3,4). The molecule has 0 saturated carbocycles. The van der Waals surface area contributed by atoms with Crippen LogP contribution in [0.25, 0.3) is 12.2 Å². The number of carbonyl (C=O) groups excluding carboxylic acids is 3. The Labute approximate surface area is 256 Å². The molecule has 0 fully saturated rings. The van der Waals surface area contributed by atoms with E-state index in [4.69, 9.17) is 56.3 Å². The fraction of sp³-hybridized carbons (Fsp3) is 0.346. The first-order valence-corrected chi connectivity index (χ1v) is 13.8. The number of hydrogen-bond acceptors (Lipinski definition) is 14. The second-order valence-electron chi connectivity index (χ2n) is 7.46. The Balaban J connectivity index is 0. The lowest BCUT2D eigenvalue weighted by atomic mass is 10.2. The molecule has 0 atom stereocenters. The summed E-state index contributed by atoms with van der Waals surface area (Å²) in [5, 5.41) is 34.6. The first kappa shape index (κ1) is 42.3. The second kappa shape index (κ2) is 22.7. The van der Waals surface area contributed by atoms with Crippen molar-refractivity contribution in [1.82, 2.24) is 0 Å². The van der Waals surface area contributed by atoms with E-state index in [0.29, 0.717) is 12.4 Å². The number of rotatable bonds is 11. The molecule has 0 radical (unpaired) electrons. The quantitative estimate of drug-likeness (QED) is 0.0494. The van der Waals surface area contributed by atoms with Crippen LogP contribution < -0.4 is 0 Å². The Morgan fingerprint density at radius 3 is 1.24 bits per heavy atom. The molecule has 2 heterocycles. The van der Waals surface area contributed by atoms with Gasteiger partial charge in [-0.1, -0.05) is 0 Å². The predicted molar refractivity (Wildman–Crippen MR) is 150 cm³/mol.